The Morgan fingerprint density at radius 1 is 1.28 bits per heavy atom. The average molecular weight is 345 g/mol. The Bertz CT molecular complexity index is 589. The molecule has 1 N–H and O–H groups in total. The second-order valence-electron chi connectivity index (χ2n) is 7.47. The number of ether oxygens (including phenoxy) is 2. The van der Waals surface area contributed by atoms with Gasteiger partial charge in [-0.3, -0.25) is 9.69 Å². The average Bonchev–Trinajstić information content (AvgIpc) is 3.38. The SMILES string of the molecule is CCCCN1C2C[C@H](OC(=O)C(CO)c3ccccc3)C[C@H]1[C@H]1OC21. The molecule has 0 radical (unpaired) electrons. The van der Waals surface area contributed by atoms with Crippen LogP contribution < -0.4 is 0 Å². The van der Waals surface area contributed by atoms with E-state index in [4.69, 9.17) is 9.47 Å². The largest absolute Gasteiger partial charge is 0.462 e. The van der Waals surface area contributed by atoms with Gasteiger partial charge >= 0.3 is 5.97 Å². The predicted octanol–water partition coefficient (Wildman–Crippen LogP) is 2.09. The molecule has 3 heterocycles. The fourth-order valence-corrected chi connectivity index (χ4v) is 4.57. The monoisotopic (exact) mass is 345 g/mol. The highest BCUT2D eigenvalue weighted by atomic mass is 16.6. The van der Waals surface area contributed by atoms with Gasteiger partial charge < -0.3 is 14.6 Å². The zero-order valence-electron chi connectivity index (χ0n) is 14.7. The molecule has 1 aromatic carbocycles. The number of aliphatic hydroxyl groups is 1. The molecule has 3 unspecified atom stereocenters. The highest BCUT2D eigenvalue weighted by molar-refractivity contribution is 5.78. The molecule has 6 atom stereocenters. The summed E-state index contributed by atoms with van der Waals surface area (Å²) in [5.41, 5.74) is 0.810. The van der Waals surface area contributed by atoms with Gasteiger partial charge in [0.05, 0.1) is 6.61 Å². The Hall–Kier alpha value is -1.43. The molecule has 5 heteroatoms. The van der Waals surface area contributed by atoms with Crippen molar-refractivity contribution in [3.8, 4) is 0 Å². The van der Waals surface area contributed by atoms with Crippen molar-refractivity contribution in [3.05, 3.63) is 35.9 Å². The van der Waals surface area contributed by atoms with Crippen LogP contribution in [0.3, 0.4) is 0 Å². The van der Waals surface area contributed by atoms with Gasteiger partial charge in [-0.1, -0.05) is 43.7 Å². The van der Waals surface area contributed by atoms with Crippen LogP contribution in [0.2, 0.25) is 0 Å². The fourth-order valence-electron chi connectivity index (χ4n) is 4.57. The van der Waals surface area contributed by atoms with Gasteiger partial charge in [0.1, 0.15) is 24.2 Å². The van der Waals surface area contributed by atoms with Crippen LogP contribution >= 0.6 is 0 Å². The standard InChI is InChI=1S/C20H27NO4/c1-2-3-9-21-16-10-14(11-17(21)19-18(16)25-19)24-20(23)15(12-22)13-7-5-4-6-8-13/h4-8,14-19,22H,2-3,9-12H2,1H3/t14-,15?,16+,17?,18-,19?/m1/s1. The molecule has 25 heavy (non-hydrogen) atoms. The van der Waals surface area contributed by atoms with Crippen LogP contribution in [0.25, 0.3) is 0 Å². The van der Waals surface area contributed by atoms with E-state index in [2.05, 4.69) is 11.8 Å². The smallest absolute Gasteiger partial charge is 0.316 e. The van der Waals surface area contributed by atoms with Crippen molar-refractivity contribution >= 4 is 5.97 Å². The molecule has 5 nitrogen and oxygen atoms in total. The Kier molecular flexibility index (Phi) is 4.80. The fraction of sp³-hybridized carbons (Fsp3) is 0.650. The highest BCUT2D eigenvalue weighted by Gasteiger charge is 2.63. The molecule has 3 saturated heterocycles. The molecule has 3 aliphatic heterocycles. The van der Waals surface area contributed by atoms with E-state index in [0.717, 1.165) is 24.9 Å². The summed E-state index contributed by atoms with van der Waals surface area (Å²) in [5.74, 6) is -0.905. The van der Waals surface area contributed by atoms with E-state index in [1.807, 2.05) is 30.3 Å². The van der Waals surface area contributed by atoms with Crippen LogP contribution in [0.5, 0.6) is 0 Å². The van der Waals surface area contributed by atoms with Gasteiger partial charge in [0.2, 0.25) is 0 Å². The minimum Gasteiger partial charge on any atom is -0.462 e. The van der Waals surface area contributed by atoms with Crippen LogP contribution in [-0.2, 0) is 14.3 Å². The first kappa shape index (κ1) is 17.0. The molecule has 3 aliphatic rings. The van der Waals surface area contributed by atoms with Crippen LogP contribution in [0, 0.1) is 0 Å². The molecular formula is C20H27NO4. The van der Waals surface area contributed by atoms with Crippen molar-refractivity contribution in [2.24, 2.45) is 0 Å². The Labute approximate surface area is 148 Å². The molecule has 1 aromatic rings. The number of aliphatic hydroxyl groups excluding tert-OH is 1. The number of rotatable bonds is 7. The van der Waals surface area contributed by atoms with E-state index < -0.39 is 5.92 Å². The van der Waals surface area contributed by atoms with Crippen molar-refractivity contribution in [3.63, 3.8) is 0 Å². The van der Waals surface area contributed by atoms with E-state index in [-0.39, 0.29) is 18.7 Å². The molecule has 0 spiro atoms. The maximum Gasteiger partial charge on any atom is 0.316 e. The van der Waals surface area contributed by atoms with E-state index in [1.165, 1.54) is 12.8 Å². The molecule has 3 fully saturated rings. The number of esters is 1. The number of fused-ring (bicyclic) bond motifs is 5. The van der Waals surface area contributed by atoms with Gasteiger partial charge in [-0.2, -0.15) is 0 Å². The minimum absolute atomic E-state index is 0.0606. The molecule has 0 saturated carbocycles. The van der Waals surface area contributed by atoms with Crippen molar-refractivity contribution in [1.29, 1.82) is 0 Å². The number of hydrogen-bond donors (Lipinski definition) is 1. The quantitative estimate of drug-likeness (QED) is 0.606. The number of hydrogen-bond acceptors (Lipinski definition) is 5. The third kappa shape index (κ3) is 3.21. The first-order chi connectivity index (χ1) is 12.2. The Balaban J connectivity index is 1.39. The van der Waals surface area contributed by atoms with Crippen molar-refractivity contribution in [2.45, 2.75) is 68.9 Å². The zero-order valence-corrected chi connectivity index (χ0v) is 14.7. The highest BCUT2D eigenvalue weighted by Crippen LogP contribution is 2.49. The van der Waals surface area contributed by atoms with E-state index in [1.54, 1.807) is 0 Å². The molecule has 0 aromatic heterocycles. The molecule has 0 amide bonds. The minimum atomic E-state index is -0.595. The first-order valence-electron chi connectivity index (χ1n) is 9.50. The van der Waals surface area contributed by atoms with Crippen molar-refractivity contribution in [1.82, 2.24) is 4.90 Å². The summed E-state index contributed by atoms with van der Waals surface area (Å²) in [6.07, 6.45) is 4.72. The summed E-state index contributed by atoms with van der Waals surface area (Å²) in [5, 5.41) is 9.65. The topological polar surface area (TPSA) is 62.3 Å². The van der Waals surface area contributed by atoms with Crippen molar-refractivity contribution in [2.75, 3.05) is 13.2 Å². The molecule has 4 rings (SSSR count). The van der Waals surface area contributed by atoms with Gasteiger partial charge in [-0.25, -0.2) is 0 Å². The summed E-state index contributed by atoms with van der Waals surface area (Å²) in [7, 11) is 0. The number of benzene rings is 1. The number of carbonyl (C=O) groups excluding carboxylic acids is 1. The lowest BCUT2D eigenvalue weighted by Gasteiger charge is -2.40. The third-order valence-corrected chi connectivity index (χ3v) is 5.90. The van der Waals surface area contributed by atoms with Gasteiger partial charge in [-0.05, 0) is 18.5 Å². The number of nitrogens with zero attached hydrogens (tertiary/aromatic N) is 1. The van der Waals surface area contributed by atoms with Crippen LogP contribution in [0.1, 0.15) is 44.1 Å². The van der Waals surface area contributed by atoms with Gasteiger partial charge in [0.25, 0.3) is 0 Å². The van der Waals surface area contributed by atoms with Gasteiger partial charge in [0.15, 0.2) is 0 Å². The summed E-state index contributed by atoms with van der Waals surface area (Å²) >= 11 is 0. The molecule has 136 valence electrons. The number of epoxide rings is 1. The Morgan fingerprint density at radius 2 is 1.96 bits per heavy atom. The lowest BCUT2D eigenvalue weighted by molar-refractivity contribution is -0.157. The van der Waals surface area contributed by atoms with Gasteiger partial charge in [0, 0.05) is 24.9 Å². The first-order valence-corrected chi connectivity index (χ1v) is 9.50. The maximum absolute atomic E-state index is 12.6. The summed E-state index contributed by atoms with van der Waals surface area (Å²) in [4.78, 5) is 15.2. The molecule has 0 aliphatic carbocycles. The third-order valence-electron chi connectivity index (χ3n) is 5.90. The number of carbonyl (C=O) groups is 1. The second-order valence-corrected chi connectivity index (χ2v) is 7.47. The lowest BCUT2D eigenvalue weighted by Crippen LogP contribution is -2.50. The summed E-state index contributed by atoms with van der Waals surface area (Å²) in [6, 6.07) is 10.2. The number of morpholine rings is 1. The predicted molar refractivity (Wildman–Crippen MR) is 93.2 cm³/mol. The lowest BCUT2D eigenvalue weighted by atomic mass is 9.97. The zero-order chi connectivity index (χ0) is 17.4. The number of piperidine rings is 1. The van der Waals surface area contributed by atoms with Gasteiger partial charge in [-0.15, -0.1) is 0 Å². The van der Waals surface area contributed by atoms with Crippen LogP contribution in [0.15, 0.2) is 30.3 Å². The van der Waals surface area contributed by atoms with Crippen LogP contribution in [0.4, 0.5) is 0 Å². The normalized spacial score (nSPS) is 34.4. The van der Waals surface area contributed by atoms with E-state index in [0.29, 0.717) is 24.3 Å². The summed E-state index contributed by atoms with van der Waals surface area (Å²) < 4.78 is 11.6. The Morgan fingerprint density at radius 3 is 2.56 bits per heavy atom. The maximum atomic E-state index is 12.6. The summed E-state index contributed by atoms with van der Waals surface area (Å²) in [6.45, 7) is 3.11. The van der Waals surface area contributed by atoms with Crippen molar-refractivity contribution < 1.29 is 19.4 Å². The second kappa shape index (κ2) is 7.06. The molecular weight excluding hydrogens is 318 g/mol. The molecule has 2 bridgehead atoms. The number of unbranched alkanes of at least 4 members (excludes halogenated alkanes) is 1. The van der Waals surface area contributed by atoms with Crippen LogP contribution in [-0.4, -0.2) is 59.5 Å². The van der Waals surface area contributed by atoms with E-state index in [9.17, 15) is 9.90 Å². The van der Waals surface area contributed by atoms with E-state index >= 15 is 0 Å².